The molecule has 88 valence electrons. The molecule has 2 aromatic heterocycles. The van der Waals surface area contributed by atoms with Gasteiger partial charge in [-0.15, -0.1) is 11.3 Å². The molecule has 2 N–H and O–H groups in total. The van der Waals surface area contributed by atoms with E-state index >= 15 is 0 Å². The molecule has 0 bridgehead atoms. The summed E-state index contributed by atoms with van der Waals surface area (Å²) in [5.74, 6) is -0.173. The molecule has 0 aliphatic heterocycles. The minimum absolute atomic E-state index is 0.0585. The largest absolute Gasteiger partial charge is 0.467 e. The van der Waals surface area contributed by atoms with Crippen LogP contribution in [0.3, 0.4) is 0 Å². The predicted octanol–water partition coefficient (Wildman–Crippen LogP) is 1.61. The first-order valence-electron chi connectivity index (χ1n) is 4.59. The third kappa shape index (κ3) is 2.67. The third-order valence-electron chi connectivity index (χ3n) is 1.88. The van der Waals surface area contributed by atoms with E-state index in [9.17, 15) is 10.1 Å². The molecule has 0 unspecified atom stereocenters. The highest BCUT2D eigenvalue weighted by Crippen LogP contribution is 2.25. The lowest BCUT2D eigenvalue weighted by atomic mass is 10.5. The summed E-state index contributed by atoms with van der Waals surface area (Å²) in [5, 5.41) is 12.6. The Balaban J connectivity index is 2.19. The van der Waals surface area contributed by atoms with Gasteiger partial charge in [-0.2, -0.15) is 4.98 Å². The van der Waals surface area contributed by atoms with Crippen molar-refractivity contribution in [1.82, 2.24) is 9.97 Å². The number of hydrogen-bond donors (Lipinski definition) is 1. The second-order valence-corrected chi connectivity index (χ2v) is 4.08. The first kappa shape index (κ1) is 11.3. The number of nitrogens with zero attached hydrogens (tertiary/aromatic N) is 3. The SMILES string of the molecule is Nc1ncc([N+](=O)[O-])c(OCc2cccs2)n1. The highest BCUT2D eigenvalue weighted by Gasteiger charge is 2.18. The Bertz CT molecular complexity index is 529. The van der Waals surface area contributed by atoms with E-state index in [-0.39, 0.29) is 24.1 Å². The summed E-state index contributed by atoms with van der Waals surface area (Å²) in [6.07, 6.45) is 1.03. The number of rotatable bonds is 4. The van der Waals surface area contributed by atoms with Gasteiger partial charge in [0.05, 0.1) is 4.92 Å². The predicted molar refractivity (Wildman–Crippen MR) is 61.7 cm³/mol. The number of nitrogen functional groups attached to an aromatic ring is 1. The maximum absolute atomic E-state index is 10.7. The van der Waals surface area contributed by atoms with E-state index in [2.05, 4.69) is 9.97 Å². The number of hydrogen-bond acceptors (Lipinski definition) is 7. The summed E-state index contributed by atoms with van der Waals surface area (Å²) in [7, 11) is 0. The minimum atomic E-state index is -0.608. The van der Waals surface area contributed by atoms with Crippen LogP contribution in [0.15, 0.2) is 23.7 Å². The molecular formula is C9H8N4O3S. The minimum Gasteiger partial charge on any atom is -0.467 e. The smallest absolute Gasteiger partial charge is 0.349 e. The van der Waals surface area contributed by atoms with Crippen molar-refractivity contribution in [3.63, 3.8) is 0 Å². The Morgan fingerprint density at radius 2 is 2.41 bits per heavy atom. The molecule has 0 spiro atoms. The van der Waals surface area contributed by atoms with Gasteiger partial charge in [-0.1, -0.05) is 6.07 Å². The van der Waals surface area contributed by atoms with Crippen molar-refractivity contribution in [2.45, 2.75) is 6.61 Å². The molecule has 0 amide bonds. The Morgan fingerprint density at radius 1 is 1.59 bits per heavy atom. The number of thiophene rings is 1. The summed E-state index contributed by atoms with van der Waals surface area (Å²) in [4.78, 5) is 18.3. The first-order chi connectivity index (χ1) is 8.16. The number of nitrogens with two attached hydrogens (primary N) is 1. The van der Waals surface area contributed by atoms with Gasteiger partial charge < -0.3 is 10.5 Å². The number of nitro groups is 1. The first-order valence-corrected chi connectivity index (χ1v) is 5.47. The van der Waals surface area contributed by atoms with Gasteiger partial charge in [0.15, 0.2) is 0 Å². The molecule has 2 heterocycles. The molecule has 17 heavy (non-hydrogen) atoms. The Kier molecular flexibility index (Phi) is 3.15. The second kappa shape index (κ2) is 4.74. The van der Waals surface area contributed by atoms with Crippen LogP contribution in [0, 0.1) is 10.1 Å². The Morgan fingerprint density at radius 3 is 3.06 bits per heavy atom. The second-order valence-electron chi connectivity index (χ2n) is 3.04. The van der Waals surface area contributed by atoms with Crippen LogP contribution in [0.2, 0.25) is 0 Å². The van der Waals surface area contributed by atoms with Gasteiger partial charge in [0.2, 0.25) is 5.95 Å². The van der Waals surface area contributed by atoms with Crippen LogP contribution in [0.25, 0.3) is 0 Å². The maximum Gasteiger partial charge on any atom is 0.349 e. The van der Waals surface area contributed by atoms with Gasteiger partial charge in [0, 0.05) is 4.88 Å². The zero-order chi connectivity index (χ0) is 12.3. The van der Waals surface area contributed by atoms with Crippen LogP contribution in [-0.4, -0.2) is 14.9 Å². The van der Waals surface area contributed by atoms with E-state index in [1.54, 1.807) is 0 Å². The number of anilines is 1. The van der Waals surface area contributed by atoms with E-state index in [0.717, 1.165) is 11.1 Å². The van der Waals surface area contributed by atoms with Crippen molar-refractivity contribution in [3.8, 4) is 5.88 Å². The van der Waals surface area contributed by atoms with Crippen molar-refractivity contribution in [3.05, 3.63) is 38.7 Å². The maximum atomic E-state index is 10.7. The highest BCUT2D eigenvalue weighted by atomic mass is 32.1. The van der Waals surface area contributed by atoms with Gasteiger partial charge in [-0.3, -0.25) is 10.1 Å². The molecule has 8 heteroatoms. The lowest BCUT2D eigenvalue weighted by molar-refractivity contribution is -0.386. The zero-order valence-electron chi connectivity index (χ0n) is 8.57. The summed E-state index contributed by atoms with van der Waals surface area (Å²) in [6.45, 7) is 0.217. The summed E-state index contributed by atoms with van der Waals surface area (Å²) < 4.78 is 5.26. The average molecular weight is 252 g/mol. The summed E-state index contributed by atoms with van der Waals surface area (Å²) in [5.41, 5.74) is 5.06. The fraction of sp³-hybridized carbons (Fsp3) is 0.111. The van der Waals surface area contributed by atoms with Crippen LogP contribution in [0.4, 0.5) is 11.6 Å². The fourth-order valence-corrected chi connectivity index (χ4v) is 1.75. The molecule has 0 saturated heterocycles. The standard InChI is InChI=1S/C9H8N4O3S/c10-9-11-4-7(13(14)15)8(12-9)16-5-6-2-1-3-17-6/h1-4H,5H2,(H2,10,11,12). The van der Waals surface area contributed by atoms with E-state index in [4.69, 9.17) is 10.5 Å². The quantitative estimate of drug-likeness (QED) is 0.654. The van der Waals surface area contributed by atoms with Crippen molar-refractivity contribution in [2.75, 3.05) is 5.73 Å². The number of aromatic nitrogens is 2. The molecule has 0 aliphatic rings. The third-order valence-corrected chi connectivity index (χ3v) is 2.73. The Hall–Kier alpha value is -2.22. The van der Waals surface area contributed by atoms with Crippen LogP contribution >= 0.6 is 11.3 Å². The molecule has 0 atom stereocenters. The van der Waals surface area contributed by atoms with Crippen molar-refractivity contribution in [1.29, 1.82) is 0 Å². The van der Waals surface area contributed by atoms with Crippen molar-refractivity contribution in [2.24, 2.45) is 0 Å². The van der Waals surface area contributed by atoms with E-state index < -0.39 is 4.92 Å². The lowest BCUT2D eigenvalue weighted by Gasteiger charge is -2.04. The highest BCUT2D eigenvalue weighted by molar-refractivity contribution is 7.09. The summed E-state index contributed by atoms with van der Waals surface area (Å²) >= 11 is 1.49. The van der Waals surface area contributed by atoms with Gasteiger partial charge in [0.25, 0.3) is 5.88 Å². The molecule has 0 saturated carbocycles. The molecule has 0 aromatic carbocycles. The Labute approximate surface area is 100 Å². The summed E-state index contributed by atoms with van der Waals surface area (Å²) in [6, 6.07) is 3.73. The van der Waals surface area contributed by atoms with E-state index in [0.29, 0.717) is 0 Å². The van der Waals surface area contributed by atoms with E-state index in [1.807, 2.05) is 17.5 Å². The molecule has 2 aromatic rings. The molecule has 7 nitrogen and oxygen atoms in total. The van der Waals surface area contributed by atoms with Gasteiger partial charge in [0.1, 0.15) is 12.8 Å². The lowest BCUT2D eigenvalue weighted by Crippen LogP contribution is -2.03. The molecule has 2 rings (SSSR count). The topological polar surface area (TPSA) is 104 Å². The van der Waals surface area contributed by atoms with Crippen LogP contribution < -0.4 is 10.5 Å². The number of ether oxygens (including phenoxy) is 1. The van der Waals surface area contributed by atoms with Gasteiger partial charge in [-0.05, 0) is 11.4 Å². The molecule has 0 aliphatic carbocycles. The molecule has 0 radical (unpaired) electrons. The van der Waals surface area contributed by atoms with Crippen molar-refractivity contribution < 1.29 is 9.66 Å². The molecule has 0 fully saturated rings. The van der Waals surface area contributed by atoms with Crippen LogP contribution in [-0.2, 0) is 6.61 Å². The fourth-order valence-electron chi connectivity index (χ4n) is 1.14. The van der Waals surface area contributed by atoms with Crippen molar-refractivity contribution >= 4 is 23.0 Å². The van der Waals surface area contributed by atoms with Crippen LogP contribution in [0.5, 0.6) is 5.88 Å². The average Bonchev–Trinajstić information content (AvgIpc) is 2.78. The zero-order valence-corrected chi connectivity index (χ0v) is 9.38. The van der Waals surface area contributed by atoms with Gasteiger partial charge >= 0.3 is 5.69 Å². The monoisotopic (exact) mass is 252 g/mol. The van der Waals surface area contributed by atoms with Gasteiger partial charge in [-0.25, -0.2) is 4.98 Å². The van der Waals surface area contributed by atoms with Crippen LogP contribution in [0.1, 0.15) is 4.88 Å². The van der Waals surface area contributed by atoms with E-state index in [1.165, 1.54) is 11.3 Å². The normalized spacial score (nSPS) is 10.1. The molecular weight excluding hydrogens is 244 g/mol.